The number of nitrogen functional groups attached to an aromatic ring is 1. The number of aromatic nitrogens is 2. The fraction of sp³-hybridized carbons (Fsp3) is 0.350. The first-order valence-corrected chi connectivity index (χ1v) is 8.98. The lowest BCUT2D eigenvalue weighted by Gasteiger charge is -2.26. The van der Waals surface area contributed by atoms with Crippen LogP contribution in [0.15, 0.2) is 42.6 Å². The molecule has 2 N–H and O–H groups in total. The number of benzene rings is 1. The lowest BCUT2D eigenvalue weighted by atomic mass is 10.0. The van der Waals surface area contributed by atoms with Crippen molar-refractivity contribution in [2.45, 2.75) is 6.92 Å². The number of rotatable bonds is 5. The van der Waals surface area contributed by atoms with E-state index in [0.717, 1.165) is 60.8 Å². The van der Waals surface area contributed by atoms with Gasteiger partial charge in [-0.25, -0.2) is 4.52 Å². The summed E-state index contributed by atoms with van der Waals surface area (Å²) in [4.78, 5) is 2.37. The van der Waals surface area contributed by atoms with Crippen molar-refractivity contribution in [1.29, 1.82) is 0 Å². The summed E-state index contributed by atoms with van der Waals surface area (Å²) in [5.41, 5.74) is 10.2. The molecule has 3 heterocycles. The number of hydrogen-bond acceptors (Lipinski definition) is 5. The number of morpholine rings is 1. The highest BCUT2D eigenvalue weighted by Gasteiger charge is 2.11. The van der Waals surface area contributed by atoms with Crippen LogP contribution in [0.5, 0.6) is 5.75 Å². The van der Waals surface area contributed by atoms with E-state index < -0.39 is 0 Å². The molecule has 1 aliphatic rings. The first-order valence-electron chi connectivity index (χ1n) is 8.98. The van der Waals surface area contributed by atoms with Gasteiger partial charge in [0.2, 0.25) is 0 Å². The molecule has 0 atom stereocenters. The molecule has 1 fully saturated rings. The average Bonchev–Trinajstić information content (AvgIpc) is 3.04. The summed E-state index contributed by atoms with van der Waals surface area (Å²) in [5, 5.41) is 4.28. The van der Waals surface area contributed by atoms with Gasteiger partial charge in [-0.15, -0.1) is 0 Å². The molecule has 0 saturated carbocycles. The number of hydrogen-bond donors (Lipinski definition) is 1. The SMILES string of the molecule is Cc1cc(-c2cccn3nc(N)cc23)ccc1OCCN1CCOCC1. The lowest BCUT2D eigenvalue weighted by Crippen LogP contribution is -2.38. The van der Waals surface area contributed by atoms with Crippen molar-refractivity contribution in [3.05, 3.63) is 48.2 Å². The zero-order chi connectivity index (χ0) is 17.9. The first-order chi connectivity index (χ1) is 12.7. The summed E-state index contributed by atoms with van der Waals surface area (Å²) in [6.07, 6.45) is 1.91. The van der Waals surface area contributed by atoms with Gasteiger partial charge in [-0.1, -0.05) is 12.1 Å². The summed E-state index contributed by atoms with van der Waals surface area (Å²) >= 11 is 0. The standard InChI is InChI=1S/C20H24N4O2/c1-15-13-16(17-3-2-6-24-18(17)14-20(21)22-24)4-5-19(15)26-12-9-23-7-10-25-11-8-23/h2-6,13-14H,7-12H2,1H3,(H2,21,22). The summed E-state index contributed by atoms with van der Waals surface area (Å²) in [6.45, 7) is 7.31. The summed E-state index contributed by atoms with van der Waals surface area (Å²) in [7, 11) is 0. The monoisotopic (exact) mass is 352 g/mol. The first kappa shape index (κ1) is 16.9. The van der Waals surface area contributed by atoms with Gasteiger partial charge >= 0.3 is 0 Å². The number of anilines is 1. The Kier molecular flexibility index (Phi) is 4.77. The minimum Gasteiger partial charge on any atom is -0.492 e. The fourth-order valence-corrected chi connectivity index (χ4v) is 3.37. The van der Waals surface area contributed by atoms with Crippen LogP contribution in [0.3, 0.4) is 0 Å². The van der Waals surface area contributed by atoms with Crippen molar-refractivity contribution in [3.63, 3.8) is 0 Å². The van der Waals surface area contributed by atoms with E-state index in [2.05, 4.69) is 35.1 Å². The van der Waals surface area contributed by atoms with Crippen LogP contribution in [0.25, 0.3) is 16.6 Å². The quantitative estimate of drug-likeness (QED) is 0.765. The molecule has 1 aliphatic heterocycles. The third-order valence-electron chi connectivity index (χ3n) is 4.78. The van der Waals surface area contributed by atoms with Crippen molar-refractivity contribution in [2.75, 3.05) is 45.2 Å². The van der Waals surface area contributed by atoms with Crippen LogP contribution >= 0.6 is 0 Å². The Balaban J connectivity index is 1.48. The molecule has 0 aliphatic carbocycles. The maximum atomic E-state index is 6.00. The Bertz CT molecular complexity index is 900. The van der Waals surface area contributed by atoms with Crippen molar-refractivity contribution >= 4 is 11.3 Å². The normalized spacial score (nSPS) is 15.4. The average molecular weight is 352 g/mol. The summed E-state index contributed by atoms with van der Waals surface area (Å²) < 4.78 is 13.2. The lowest BCUT2D eigenvalue weighted by molar-refractivity contribution is 0.0322. The van der Waals surface area contributed by atoms with E-state index in [9.17, 15) is 0 Å². The van der Waals surface area contributed by atoms with Gasteiger partial charge in [0.15, 0.2) is 0 Å². The summed E-state index contributed by atoms with van der Waals surface area (Å²) in [5.74, 6) is 1.46. The molecule has 2 aromatic heterocycles. The molecule has 26 heavy (non-hydrogen) atoms. The van der Waals surface area contributed by atoms with Gasteiger partial charge in [0.25, 0.3) is 0 Å². The maximum absolute atomic E-state index is 6.00. The number of nitrogens with two attached hydrogens (primary N) is 1. The Morgan fingerprint density at radius 1 is 1.19 bits per heavy atom. The molecule has 1 saturated heterocycles. The molecule has 0 spiro atoms. The number of nitrogens with zero attached hydrogens (tertiary/aromatic N) is 3. The van der Waals surface area contributed by atoms with Gasteiger partial charge in [0, 0.05) is 37.5 Å². The molecule has 3 aromatic rings. The molecular formula is C20H24N4O2. The van der Waals surface area contributed by atoms with E-state index in [-0.39, 0.29) is 0 Å². The highest BCUT2D eigenvalue weighted by molar-refractivity contribution is 5.82. The van der Waals surface area contributed by atoms with Crippen molar-refractivity contribution in [3.8, 4) is 16.9 Å². The highest BCUT2D eigenvalue weighted by Crippen LogP contribution is 2.29. The minimum absolute atomic E-state index is 0.525. The largest absolute Gasteiger partial charge is 0.492 e. The van der Waals surface area contributed by atoms with Crippen LogP contribution in [0.1, 0.15) is 5.56 Å². The maximum Gasteiger partial charge on any atom is 0.146 e. The van der Waals surface area contributed by atoms with Crippen LogP contribution < -0.4 is 10.5 Å². The molecular weight excluding hydrogens is 328 g/mol. The van der Waals surface area contributed by atoms with Gasteiger partial charge in [-0.3, -0.25) is 4.90 Å². The Labute approximate surface area is 153 Å². The zero-order valence-corrected chi connectivity index (χ0v) is 15.0. The second-order valence-corrected chi connectivity index (χ2v) is 6.60. The van der Waals surface area contributed by atoms with Crippen molar-refractivity contribution in [1.82, 2.24) is 14.5 Å². The van der Waals surface area contributed by atoms with Gasteiger partial charge in [-0.05, 0) is 36.2 Å². The molecule has 136 valence electrons. The van der Waals surface area contributed by atoms with Gasteiger partial charge in [-0.2, -0.15) is 5.10 Å². The van der Waals surface area contributed by atoms with Crippen LogP contribution in [-0.2, 0) is 4.74 Å². The van der Waals surface area contributed by atoms with Crippen LogP contribution in [0.4, 0.5) is 5.82 Å². The molecule has 4 rings (SSSR count). The van der Waals surface area contributed by atoms with E-state index in [1.165, 1.54) is 0 Å². The van der Waals surface area contributed by atoms with Crippen LogP contribution in [-0.4, -0.2) is 54.0 Å². The number of pyridine rings is 1. The van der Waals surface area contributed by atoms with Gasteiger partial charge in [0.05, 0.1) is 18.7 Å². The molecule has 0 amide bonds. The second kappa shape index (κ2) is 7.35. The number of aryl methyl sites for hydroxylation is 1. The van der Waals surface area contributed by atoms with Crippen molar-refractivity contribution in [2.24, 2.45) is 0 Å². The zero-order valence-electron chi connectivity index (χ0n) is 15.0. The predicted molar refractivity (Wildman–Crippen MR) is 103 cm³/mol. The topological polar surface area (TPSA) is 65.0 Å². The molecule has 0 radical (unpaired) electrons. The summed E-state index contributed by atoms with van der Waals surface area (Å²) in [6, 6.07) is 12.3. The molecule has 6 nitrogen and oxygen atoms in total. The van der Waals surface area contributed by atoms with E-state index in [1.807, 2.05) is 28.9 Å². The van der Waals surface area contributed by atoms with E-state index >= 15 is 0 Å². The molecule has 1 aromatic carbocycles. The van der Waals surface area contributed by atoms with Crippen LogP contribution in [0, 0.1) is 6.92 Å². The Hall–Kier alpha value is -2.57. The molecule has 6 heteroatoms. The molecule has 0 bridgehead atoms. The fourth-order valence-electron chi connectivity index (χ4n) is 3.37. The molecule has 0 unspecified atom stereocenters. The minimum atomic E-state index is 0.525. The second-order valence-electron chi connectivity index (χ2n) is 6.60. The highest BCUT2D eigenvalue weighted by atomic mass is 16.5. The van der Waals surface area contributed by atoms with E-state index in [4.69, 9.17) is 15.2 Å². The third-order valence-corrected chi connectivity index (χ3v) is 4.78. The number of ether oxygens (including phenoxy) is 2. The Morgan fingerprint density at radius 2 is 2.04 bits per heavy atom. The Morgan fingerprint density at radius 3 is 2.85 bits per heavy atom. The number of fused-ring (bicyclic) bond motifs is 1. The van der Waals surface area contributed by atoms with Gasteiger partial charge < -0.3 is 15.2 Å². The third kappa shape index (κ3) is 3.52. The van der Waals surface area contributed by atoms with Gasteiger partial charge in [0.1, 0.15) is 18.2 Å². The predicted octanol–water partition coefficient (Wildman–Crippen LogP) is 2.60. The van der Waals surface area contributed by atoms with Crippen LogP contribution in [0.2, 0.25) is 0 Å². The van der Waals surface area contributed by atoms with E-state index in [0.29, 0.717) is 12.4 Å². The van der Waals surface area contributed by atoms with E-state index in [1.54, 1.807) is 0 Å². The smallest absolute Gasteiger partial charge is 0.146 e. The van der Waals surface area contributed by atoms with Crippen molar-refractivity contribution < 1.29 is 9.47 Å².